The fourth-order valence-electron chi connectivity index (χ4n) is 1.34. The molecule has 13 heavy (non-hydrogen) atoms. The second-order valence-corrected chi connectivity index (χ2v) is 5.32. The normalized spacial score (nSPS) is 27.5. The highest BCUT2D eigenvalue weighted by Gasteiger charge is 2.15. The number of nitriles is 1. The molecule has 0 aromatic rings. The van der Waals surface area contributed by atoms with E-state index in [-0.39, 0.29) is 0 Å². The van der Waals surface area contributed by atoms with Crippen LogP contribution >= 0.6 is 11.6 Å². The van der Waals surface area contributed by atoms with Crippen molar-refractivity contribution in [2.75, 3.05) is 31.1 Å². The van der Waals surface area contributed by atoms with E-state index in [9.17, 15) is 4.21 Å². The Kier molecular flexibility index (Phi) is 4.71. The summed E-state index contributed by atoms with van der Waals surface area (Å²) in [5.41, 5.74) is 0. The Morgan fingerprint density at radius 3 is 3.00 bits per heavy atom. The zero-order chi connectivity index (χ0) is 9.68. The van der Waals surface area contributed by atoms with E-state index in [4.69, 9.17) is 16.9 Å². The molecule has 74 valence electrons. The van der Waals surface area contributed by atoms with Crippen molar-refractivity contribution in [2.24, 2.45) is 0 Å². The summed E-state index contributed by atoms with van der Waals surface area (Å²) in [6, 6.07) is 1.99. The molecule has 0 saturated carbocycles. The molecule has 0 amide bonds. The van der Waals surface area contributed by atoms with Gasteiger partial charge in [0, 0.05) is 35.4 Å². The van der Waals surface area contributed by atoms with Gasteiger partial charge >= 0.3 is 0 Å². The molecule has 0 N–H and O–H groups in total. The Balaban J connectivity index is 2.34. The van der Waals surface area contributed by atoms with Crippen molar-refractivity contribution < 1.29 is 4.21 Å². The molecular formula is C8H13ClN2OS. The van der Waals surface area contributed by atoms with Crippen molar-refractivity contribution in [3.8, 4) is 6.07 Å². The van der Waals surface area contributed by atoms with Crippen LogP contribution in [-0.4, -0.2) is 45.6 Å². The molecule has 1 saturated heterocycles. The third kappa shape index (κ3) is 4.08. The third-order valence-corrected chi connectivity index (χ3v) is 3.66. The maximum atomic E-state index is 11.2. The van der Waals surface area contributed by atoms with Crippen LogP contribution < -0.4 is 0 Å². The molecule has 5 heteroatoms. The predicted molar refractivity (Wildman–Crippen MR) is 54.2 cm³/mol. The van der Waals surface area contributed by atoms with Gasteiger partial charge in [0.2, 0.25) is 0 Å². The zero-order valence-electron chi connectivity index (χ0n) is 7.41. The average molecular weight is 221 g/mol. The van der Waals surface area contributed by atoms with Crippen LogP contribution in [-0.2, 0) is 10.8 Å². The van der Waals surface area contributed by atoms with Crippen molar-refractivity contribution >= 4 is 22.4 Å². The second-order valence-electron chi connectivity index (χ2n) is 3.10. The summed E-state index contributed by atoms with van der Waals surface area (Å²) in [6.45, 7) is 2.31. The highest BCUT2D eigenvalue weighted by atomic mass is 35.5. The number of nitrogens with zero attached hydrogens (tertiary/aromatic N) is 2. The number of alkyl halides is 1. The van der Waals surface area contributed by atoms with Gasteiger partial charge in [-0.3, -0.25) is 9.11 Å². The SMILES string of the molecule is N#CC(Cl)CN1CCCS(=O)CC1. The summed E-state index contributed by atoms with van der Waals surface area (Å²) in [6.07, 6.45) is 0.946. The molecule has 1 aliphatic heterocycles. The van der Waals surface area contributed by atoms with Gasteiger partial charge in [0.25, 0.3) is 0 Å². The Labute approximate surface area is 86.1 Å². The van der Waals surface area contributed by atoms with Gasteiger partial charge in [-0.2, -0.15) is 5.26 Å². The molecule has 0 aromatic heterocycles. The molecule has 1 aliphatic rings. The standard InChI is InChI=1S/C8H13ClN2OS/c9-8(6-10)7-11-2-1-4-13(12)5-3-11/h8H,1-5,7H2. The van der Waals surface area contributed by atoms with Gasteiger partial charge in [-0.05, 0) is 13.0 Å². The number of hydrogen-bond acceptors (Lipinski definition) is 3. The topological polar surface area (TPSA) is 44.1 Å². The minimum atomic E-state index is -0.663. The summed E-state index contributed by atoms with van der Waals surface area (Å²) in [5.74, 6) is 1.51. The maximum Gasteiger partial charge on any atom is 0.133 e. The summed E-state index contributed by atoms with van der Waals surface area (Å²) in [5, 5.41) is 8.08. The quantitative estimate of drug-likeness (QED) is 0.640. The van der Waals surface area contributed by atoms with Crippen LogP contribution in [0.5, 0.6) is 0 Å². The highest BCUT2D eigenvalue weighted by Crippen LogP contribution is 2.04. The van der Waals surface area contributed by atoms with Gasteiger partial charge in [-0.15, -0.1) is 11.6 Å². The fraction of sp³-hybridized carbons (Fsp3) is 0.875. The van der Waals surface area contributed by atoms with Crippen LogP contribution in [0.4, 0.5) is 0 Å². The van der Waals surface area contributed by atoms with E-state index in [1.165, 1.54) is 0 Å². The van der Waals surface area contributed by atoms with Crippen molar-refractivity contribution in [1.29, 1.82) is 5.26 Å². The van der Waals surface area contributed by atoms with Gasteiger partial charge in [0.15, 0.2) is 0 Å². The molecule has 1 heterocycles. The van der Waals surface area contributed by atoms with E-state index < -0.39 is 16.2 Å². The second kappa shape index (κ2) is 5.58. The summed E-state index contributed by atoms with van der Waals surface area (Å²) < 4.78 is 11.2. The summed E-state index contributed by atoms with van der Waals surface area (Å²) in [4.78, 5) is 2.12. The van der Waals surface area contributed by atoms with Crippen LogP contribution in [0.3, 0.4) is 0 Å². The van der Waals surface area contributed by atoms with E-state index >= 15 is 0 Å². The molecule has 0 spiro atoms. The van der Waals surface area contributed by atoms with Crippen LogP contribution in [0.25, 0.3) is 0 Å². The maximum absolute atomic E-state index is 11.2. The zero-order valence-corrected chi connectivity index (χ0v) is 8.98. The van der Waals surface area contributed by atoms with Gasteiger partial charge in [0.05, 0.1) is 6.07 Å². The first-order valence-corrected chi connectivity index (χ1v) is 6.26. The van der Waals surface area contributed by atoms with Gasteiger partial charge < -0.3 is 0 Å². The molecule has 2 atom stereocenters. The van der Waals surface area contributed by atoms with Gasteiger partial charge in [-0.25, -0.2) is 0 Å². The van der Waals surface area contributed by atoms with Crippen LogP contribution in [0, 0.1) is 11.3 Å². The minimum Gasteiger partial charge on any atom is -0.300 e. The van der Waals surface area contributed by atoms with E-state index in [1.54, 1.807) is 0 Å². The monoisotopic (exact) mass is 220 g/mol. The lowest BCUT2D eigenvalue weighted by Gasteiger charge is -2.18. The van der Waals surface area contributed by atoms with Gasteiger partial charge in [0.1, 0.15) is 5.38 Å². The van der Waals surface area contributed by atoms with Gasteiger partial charge in [-0.1, -0.05) is 0 Å². The fourth-order valence-corrected chi connectivity index (χ4v) is 2.66. The molecule has 0 radical (unpaired) electrons. The first-order chi connectivity index (χ1) is 6.22. The predicted octanol–water partition coefficient (Wildman–Crippen LogP) is 0.572. The summed E-state index contributed by atoms with van der Waals surface area (Å²) >= 11 is 5.71. The lowest BCUT2D eigenvalue weighted by atomic mass is 10.3. The average Bonchev–Trinajstić information content (AvgIpc) is 2.31. The summed E-state index contributed by atoms with van der Waals surface area (Å²) in [7, 11) is -0.663. The lowest BCUT2D eigenvalue weighted by Crippen LogP contribution is -2.31. The Bertz CT molecular complexity index is 229. The molecule has 0 aliphatic carbocycles. The molecule has 2 unspecified atom stereocenters. The van der Waals surface area contributed by atoms with E-state index in [1.807, 2.05) is 6.07 Å². The third-order valence-electron chi connectivity index (χ3n) is 2.04. The first kappa shape index (κ1) is 11.0. The number of rotatable bonds is 2. The largest absolute Gasteiger partial charge is 0.300 e. The van der Waals surface area contributed by atoms with Crippen molar-refractivity contribution in [1.82, 2.24) is 4.90 Å². The van der Waals surface area contributed by atoms with E-state index in [0.717, 1.165) is 31.0 Å². The molecule has 1 rings (SSSR count). The molecular weight excluding hydrogens is 208 g/mol. The van der Waals surface area contributed by atoms with Crippen molar-refractivity contribution in [3.05, 3.63) is 0 Å². The first-order valence-electron chi connectivity index (χ1n) is 4.33. The Hall–Kier alpha value is -0.110. The Morgan fingerprint density at radius 1 is 1.54 bits per heavy atom. The minimum absolute atomic E-state index is 0.438. The molecule has 0 aromatic carbocycles. The van der Waals surface area contributed by atoms with Crippen molar-refractivity contribution in [2.45, 2.75) is 11.8 Å². The highest BCUT2D eigenvalue weighted by molar-refractivity contribution is 7.85. The lowest BCUT2D eigenvalue weighted by molar-refractivity contribution is 0.304. The van der Waals surface area contributed by atoms with E-state index in [2.05, 4.69) is 4.90 Å². The van der Waals surface area contributed by atoms with Crippen LogP contribution in [0.15, 0.2) is 0 Å². The molecule has 0 bridgehead atoms. The van der Waals surface area contributed by atoms with Crippen molar-refractivity contribution in [3.63, 3.8) is 0 Å². The number of hydrogen-bond donors (Lipinski definition) is 0. The molecule has 1 fully saturated rings. The van der Waals surface area contributed by atoms with E-state index in [0.29, 0.717) is 6.54 Å². The Morgan fingerprint density at radius 2 is 2.31 bits per heavy atom. The molecule has 3 nitrogen and oxygen atoms in total. The van der Waals surface area contributed by atoms with Crippen LogP contribution in [0.1, 0.15) is 6.42 Å². The number of halogens is 1. The smallest absolute Gasteiger partial charge is 0.133 e. The van der Waals surface area contributed by atoms with Crippen LogP contribution in [0.2, 0.25) is 0 Å².